The summed E-state index contributed by atoms with van der Waals surface area (Å²) in [5.74, 6) is -0.793. The highest BCUT2D eigenvalue weighted by Crippen LogP contribution is 2.34. The third-order valence-electron chi connectivity index (χ3n) is 5.44. The Morgan fingerprint density at radius 2 is 1.85 bits per heavy atom. The van der Waals surface area contributed by atoms with Crippen LogP contribution < -0.4 is 10.2 Å². The van der Waals surface area contributed by atoms with Crippen LogP contribution in [0.2, 0.25) is 5.02 Å². The summed E-state index contributed by atoms with van der Waals surface area (Å²) in [6.07, 6.45) is 0.590. The van der Waals surface area contributed by atoms with Gasteiger partial charge in [0.15, 0.2) is 0 Å². The lowest BCUT2D eigenvalue weighted by Crippen LogP contribution is -2.10. The molecule has 0 aliphatic carbocycles. The van der Waals surface area contributed by atoms with Crippen molar-refractivity contribution in [2.75, 3.05) is 0 Å². The quantitative estimate of drug-likeness (QED) is 0.355. The molecule has 4 rings (SSSR count). The fourth-order valence-corrected chi connectivity index (χ4v) is 3.98. The molecule has 0 saturated heterocycles. The molecule has 1 N–H and O–H groups in total. The van der Waals surface area contributed by atoms with E-state index >= 15 is 0 Å². The van der Waals surface area contributed by atoms with Crippen LogP contribution in [-0.2, 0) is 13.0 Å². The molecule has 3 aromatic carbocycles. The van der Waals surface area contributed by atoms with Crippen LogP contribution in [0.25, 0.3) is 22.1 Å². The summed E-state index contributed by atoms with van der Waals surface area (Å²) in [5.41, 5.74) is 1.85. The van der Waals surface area contributed by atoms with E-state index < -0.39 is 11.8 Å². The number of hydrogen-bond acceptors (Lipinski definition) is 4. The highest BCUT2D eigenvalue weighted by atomic mass is 35.5. The van der Waals surface area contributed by atoms with Gasteiger partial charge in [0.05, 0.1) is 21.5 Å². The molecular weight excluding hydrogens is 447 g/mol. The number of halogens is 2. The summed E-state index contributed by atoms with van der Waals surface area (Å²) in [6.45, 7) is 3.74. The lowest BCUT2D eigenvalue weighted by molar-refractivity contribution is 0.0697. The first kappa shape index (κ1) is 22.6. The first-order valence-corrected chi connectivity index (χ1v) is 10.7. The molecule has 1 aromatic heterocycles. The van der Waals surface area contributed by atoms with Gasteiger partial charge in [0.25, 0.3) is 0 Å². The van der Waals surface area contributed by atoms with Gasteiger partial charge in [-0.2, -0.15) is 0 Å². The van der Waals surface area contributed by atoms with Crippen LogP contribution in [0.5, 0.6) is 5.75 Å². The Hall–Kier alpha value is -3.64. The minimum atomic E-state index is -0.994. The highest BCUT2D eigenvalue weighted by Gasteiger charge is 2.20. The number of carboxylic acids is 1. The zero-order valence-electron chi connectivity index (χ0n) is 17.9. The van der Waals surface area contributed by atoms with Gasteiger partial charge >= 0.3 is 5.97 Å². The molecule has 0 amide bonds. The second-order valence-corrected chi connectivity index (χ2v) is 7.97. The van der Waals surface area contributed by atoms with Gasteiger partial charge < -0.3 is 14.3 Å². The lowest BCUT2D eigenvalue weighted by atomic mass is 10.00. The van der Waals surface area contributed by atoms with E-state index in [4.69, 9.17) is 25.9 Å². The summed E-state index contributed by atoms with van der Waals surface area (Å²) in [5, 5.41) is 9.47. The van der Waals surface area contributed by atoms with Gasteiger partial charge in [-0.15, -0.1) is 0 Å². The van der Waals surface area contributed by atoms with Crippen molar-refractivity contribution in [1.29, 1.82) is 0 Å². The van der Waals surface area contributed by atoms with Crippen molar-refractivity contribution in [3.8, 4) is 16.9 Å². The van der Waals surface area contributed by atoms with Crippen LogP contribution in [0.4, 0.5) is 4.39 Å². The van der Waals surface area contributed by atoms with Gasteiger partial charge in [-0.3, -0.25) is 4.79 Å². The average molecular weight is 467 g/mol. The number of benzene rings is 3. The standard InChI is InChI=1S/C26H20ClFO5/c1-3-16-11-18-22(12-21(16)32-13-15-7-9-17(10-8-15)26(30)31)33-14(2)23(25(18)29)24-19(27)5-4-6-20(24)28/h4-12H,3,13H2,1-2H3,(H,30,31). The molecule has 1 heterocycles. The van der Waals surface area contributed by atoms with E-state index in [1.165, 1.54) is 30.3 Å². The van der Waals surface area contributed by atoms with Crippen molar-refractivity contribution in [3.05, 3.63) is 98.1 Å². The Balaban J connectivity index is 1.75. The number of aromatic carboxylic acids is 1. The van der Waals surface area contributed by atoms with E-state index in [1.807, 2.05) is 6.92 Å². The lowest BCUT2D eigenvalue weighted by Gasteiger charge is -2.14. The zero-order valence-corrected chi connectivity index (χ0v) is 18.7. The monoisotopic (exact) mass is 466 g/mol. The molecule has 0 radical (unpaired) electrons. The maximum atomic E-state index is 14.5. The Morgan fingerprint density at radius 3 is 2.48 bits per heavy atom. The van der Waals surface area contributed by atoms with Crippen LogP contribution in [-0.4, -0.2) is 11.1 Å². The van der Waals surface area contributed by atoms with Crippen LogP contribution in [0.15, 0.2) is 63.8 Å². The van der Waals surface area contributed by atoms with Gasteiger partial charge in [-0.25, -0.2) is 9.18 Å². The molecule has 0 spiro atoms. The normalized spacial score (nSPS) is 11.0. The van der Waals surface area contributed by atoms with E-state index in [-0.39, 0.29) is 39.5 Å². The summed E-state index contributed by atoms with van der Waals surface area (Å²) in [4.78, 5) is 24.3. The van der Waals surface area contributed by atoms with Crippen LogP contribution in [0, 0.1) is 12.7 Å². The smallest absolute Gasteiger partial charge is 0.335 e. The minimum absolute atomic E-state index is 0.0236. The fraction of sp³-hybridized carbons (Fsp3) is 0.154. The second-order valence-electron chi connectivity index (χ2n) is 7.56. The Bertz CT molecular complexity index is 1400. The molecule has 4 aromatic rings. The topological polar surface area (TPSA) is 76.7 Å². The van der Waals surface area contributed by atoms with Gasteiger partial charge in [0.2, 0.25) is 5.43 Å². The summed E-state index contributed by atoms with van der Waals surface area (Å²) < 4.78 is 26.4. The van der Waals surface area contributed by atoms with Crippen molar-refractivity contribution in [3.63, 3.8) is 0 Å². The predicted octanol–water partition coefficient (Wildman–Crippen LogP) is 6.40. The summed E-state index contributed by atoms with van der Waals surface area (Å²) >= 11 is 6.20. The molecule has 0 bridgehead atoms. The van der Waals surface area contributed by atoms with Gasteiger partial charge in [0, 0.05) is 11.6 Å². The van der Waals surface area contributed by atoms with Crippen molar-refractivity contribution in [2.24, 2.45) is 0 Å². The number of aryl methyl sites for hydroxylation is 2. The molecule has 5 nitrogen and oxygen atoms in total. The summed E-state index contributed by atoms with van der Waals surface area (Å²) in [7, 11) is 0. The van der Waals surface area contributed by atoms with E-state index in [9.17, 15) is 14.0 Å². The number of carbonyl (C=O) groups is 1. The number of ether oxygens (including phenoxy) is 1. The Labute approximate surface area is 194 Å². The average Bonchev–Trinajstić information content (AvgIpc) is 2.79. The molecule has 168 valence electrons. The van der Waals surface area contributed by atoms with Crippen molar-refractivity contribution >= 4 is 28.5 Å². The van der Waals surface area contributed by atoms with E-state index in [0.29, 0.717) is 23.1 Å². The predicted molar refractivity (Wildman–Crippen MR) is 125 cm³/mol. The van der Waals surface area contributed by atoms with Crippen LogP contribution in [0.3, 0.4) is 0 Å². The van der Waals surface area contributed by atoms with E-state index in [0.717, 1.165) is 11.1 Å². The first-order chi connectivity index (χ1) is 15.8. The molecule has 33 heavy (non-hydrogen) atoms. The molecule has 0 aliphatic heterocycles. The molecule has 0 aliphatic rings. The number of carboxylic acid groups (broad SMARTS) is 1. The number of rotatable bonds is 6. The maximum Gasteiger partial charge on any atom is 0.335 e. The van der Waals surface area contributed by atoms with Crippen molar-refractivity contribution < 1.29 is 23.4 Å². The summed E-state index contributed by atoms with van der Waals surface area (Å²) in [6, 6.07) is 14.0. The molecule has 0 saturated carbocycles. The SMILES string of the molecule is CCc1cc2c(=O)c(-c3c(F)cccc3Cl)c(C)oc2cc1OCc1ccc(C(=O)O)cc1. The molecular formula is C26H20ClFO5. The third kappa shape index (κ3) is 4.34. The minimum Gasteiger partial charge on any atom is -0.488 e. The van der Waals surface area contributed by atoms with Gasteiger partial charge in [-0.05, 0) is 54.8 Å². The van der Waals surface area contributed by atoms with Gasteiger partial charge in [-0.1, -0.05) is 36.7 Å². The van der Waals surface area contributed by atoms with Gasteiger partial charge in [0.1, 0.15) is 29.5 Å². The van der Waals surface area contributed by atoms with E-state index in [1.54, 1.807) is 31.2 Å². The molecule has 0 unspecified atom stereocenters. The molecule has 7 heteroatoms. The first-order valence-electron chi connectivity index (χ1n) is 10.3. The van der Waals surface area contributed by atoms with Crippen molar-refractivity contribution in [2.45, 2.75) is 26.9 Å². The van der Waals surface area contributed by atoms with Crippen molar-refractivity contribution in [1.82, 2.24) is 0 Å². The highest BCUT2D eigenvalue weighted by molar-refractivity contribution is 6.33. The Kier molecular flexibility index (Phi) is 6.20. The molecule has 0 atom stereocenters. The van der Waals surface area contributed by atoms with E-state index in [2.05, 4.69) is 0 Å². The second kappa shape index (κ2) is 9.08. The third-order valence-corrected chi connectivity index (χ3v) is 5.75. The van der Waals surface area contributed by atoms with Crippen LogP contribution in [0.1, 0.15) is 34.2 Å². The fourth-order valence-electron chi connectivity index (χ4n) is 3.72. The number of hydrogen-bond donors (Lipinski definition) is 1. The Morgan fingerprint density at radius 1 is 1.12 bits per heavy atom. The maximum absolute atomic E-state index is 14.5. The largest absolute Gasteiger partial charge is 0.488 e. The molecule has 0 fully saturated rings. The van der Waals surface area contributed by atoms with Crippen LogP contribution >= 0.6 is 11.6 Å². The number of fused-ring (bicyclic) bond motifs is 1. The zero-order chi connectivity index (χ0) is 23.7.